The summed E-state index contributed by atoms with van der Waals surface area (Å²) in [5, 5.41) is 2.94. The summed E-state index contributed by atoms with van der Waals surface area (Å²) in [6.07, 6.45) is 1.88. The topological polar surface area (TPSA) is 64.8 Å². The number of nitrogens with zero attached hydrogens (tertiary/aromatic N) is 3. The molecule has 1 N–H and O–H groups in total. The first kappa shape index (κ1) is 17.9. The molecule has 0 aliphatic heterocycles. The Bertz CT molecular complexity index is 1170. The average molecular weight is 374 g/mol. The number of ether oxygens (including phenoxy) is 1. The smallest absolute Gasteiger partial charge is 0.364 e. The number of para-hydroxylation sites is 1. The van der Waals surface area contributed by atoms with Crippen molar-refractivity contribution in [2.75, 3.05) is 0 Å². The highest BCUT2D eigenvalue weighted by molar-refractivity contribution is 5.64. The molecule has 0 fully saturated rings. The normalized spacial score (nSPS) is 11.0. The minimum absolute atomic E-state index is 0.0975. The van der Waals surface area contributed by atoms with E-state index in [-0.39, 0.29) is 5.69 Å². The van der Waals surface area contributed by atoms with Crippen LogP contribution in [0.5, 0.6) is 5.75 Å². The van der Waals surface area contributed by atoms with Crippen LogP contribution in [-0.2, 0) is 13.7 Å². The van der Waals surface area contributed by atoms with Crippen molar-refractivity contribution >= 4 is 0 Å². The number of rotatable bonds is 5. The van der Waals surface area contributed by atoms with Gasteiger partial charge in [-0.15, -0.1) is 0 Å². The third-order valence-electron chi connectivity index (χ3n) is 4.76. The van der Waals surface area contributed by atoms with Gasteiger partial charge in [0.2, 0.25) is 0 Å². The maximum absolute atomic E-state index is 12.0. The highest BCUT2D eigenvalue weighted by Gasteiger charge is 2.12. The Labute approximate surface area is 163 Å². The van der Waals surface area contributed by atoms with Gasteiger partial charge in [0.1, 0.15) is 12.4 Å². The Morgan fingerprint density at radius 1 is 1.04 bits per heavy atom. The SMILES string of the molecule is Cc1ccc(-c2ccc(OCc3ccccc3-n3[nH]n(C)c3=O)c(C)c2)cn1. The molecule has 2 heterocycles. The van der Waals surface area contributed by atoms with Crippen LogP contribution in [-0.4, -0.2) is 19.6 Å². The number of aromatic nitrogens is 4. The van der Waals surface area contributed by atoms with Gasteiger partial charge in [0.05, 0.1) is 5.69 Å². The quantitative estimate of drug-likeness (QED) is 0.578. The van der Waals surface area contributed by atoms with Crippen LogP contribution in [0.1, 0.15) is 16.8 Å². The minimum atomic E-state index is -0.0975. The molecule has 142 valence electrons. The van der Waals surface area contributed by atoms with Gasteiger partial charge in [0.25, 0.3) is 0 Å². The molecule has 28 heavy (non-hydrogen) atoms. The summed E-state index contributed by atoms with van der Waals surface area (Å²) in [6, 6.07) is 17.9. The molecule has 0 saturated carbocycles. The lowest BCUT2D eigenvalue weighted by Crippen LogP contribution is -2.40. The molecule has 2 aromatic carbocycles. The summed E-state index contributed by atoms with van der Waals surface area (Å²) in [6.45, 7) is 4.38. The number of hydrogen-bond acceptors (Lipinski definition) is 3. The molecule has 0 unspecified atom stereocenters. The minimum Gasteiger partial charge on any atom is -0.489 e. The molecule has 0 saturated heterocycles. The van der Waals surface area contributed by atoms with E-state index in [9.17, 15) is 4.79 Å². The van der Waals surface area contributed by atoms with Gasteiger partial charge in [-0.1, -0.05) is 30.3 Å². The second-order valence-corrected chi connectivity index (χ2v) is 6.86. The molecule has 0 amide bonds. The van der Waals surface area contributed by atoms with E-state index in [1.54, 1.807) is 7.05 Å². The fourth-order valence-electron chi connectivity index (χ4n) is 3.13. The van der Waals surface area contributed by atoms with E-state index < -0.39 is 0 Å². The van der Waals surface area contributed by atoms with Crippen LogP contribution in [0.4, 0.5) is 0 Å². The summed E-state index contributed by atoms with van der Waals surface area (Å²) in [5.74, 6) is 0.818. The number of nitrogens with one attached hydrogen (secondary N) is 1. The lowest BCUT2D eigenvalue weighted by Gasteiger charge is -2.17. The van der Waals surface area contributed by atoms with Crippen molar-refractivity contribution in [3.05, 3.63) is 88.1 Å². The Morgan fingerprint density at radius 2 is 1.82 bits per heavy atom. The third-order valence-corrected chi connectivity index (χ3v) is 4.76. The van der Waals surface area contributed by atoms with Gasteiger partial charge in [-0.3, -0.25) is 4.98 Å². The second-order valence-electron chi connectivity index (χ2n) is 6.86. The molecule has 4 aromatic rings. The molecule has 4 rings (SSSR count). The predicted molar refractivity (Wildman–Crippen MR) is 109 cm³/mol. The molecule has 6 nitrogen and oxygen atoms in total. The molecule has 0 atom stereocenters. The van der Waals surface area contributed by atoms with Gasteiger partial charge in [-0.05, 0) is 49.2 Å². The number of pyridine rings is 1. The average Bonchev–Trinajstić information content (AvgIpc) is 2.71. The first-order chi connectivity index (χ1) is 13.5. The molecule has 0 bridgehead atoms. The lowest BCUT2D eigenvalue weighted by molar-refractivity contribution is 0.302. The second kappa shape index (κ2) is 7.23. The van der Waals surface area contributed by atoms with Crippen LogP contribution in [0.3, 0.4) is 0 Å². The Balaban J connectivity index is 1.54. The summed E-state index contributed by atoms with van der Waals surface area (Å²) < 4.78 is 9.00. The molecule has 0 aliphatic rings. The summed E-state index contributed by atoms with van der Waals surface area (Å²) in [4.78, 5) is 16.3. The lowest BCUT2D eigenvalue weighted by atomic mass is 10.0. The first-order valence-electron chi connectivity index (χ1n) is 9.11. The van der Waals surface area contributed by atoms with E-state index >= 15 is 0 Å². The first-order valence-corrected chi connectivity index (χ1v) is 9.11. The highest BCUT2D eigenvalue weighted by atomic mass is 16.5. The van der Waals surface area contributed by atoms with Crippen LogP contribution in [0.25, 0.3) is 16.8 Å². The molecule has 6 heteroatoms. The maximum atomic E-state index is 12.0. The van der Waals surface area contributed by atoms with Crippen molar-refractivity contribution in [2.24, 2.45) is 7.05 Å². The number of H-pyrrole nitrogens is 1. The van der Waals surface area contributed by atoms with Gasteiger partial charge in [0.15, 0.2) is 0 Å². The summed E-state index contributed by atoms with van der Waals surface area (Å²) in [7, 11) is 1.69. The largest absolute Gasteiger partial charge is 0.489 e. The van der Waals surface area contributed by atoms with Gasteiger partial charge < -0.3 is 4.74 Å². The number of aryl methyl sites for hydroxylation is 3. The van der Waals surface area contributed by atoms with E-state index in [0.29, 0.717) is 6.61 Å². The van der Waals surface area contributed by atoms with Crippen molar-refractivity contribution in [1.82, 2.24) is 19.6 Å². The van der Waals surface area contributed by atoms with E-state index in [1.807, 2.05) is 62.5 Å². The number of hydrogen-bond donors (Lipinski definition) is 1. The van der Waals surface area contributed by atoms with Crippen LogP contribution in [0.15, 0.2) is 65.6 Å². The molecule has 0 aliphatic carbocycles. The number of aromatic amines is 1. The Kier molecular flexibility index (Phi) is 4.61. The zero-order chi connectivity index (χ0) is 19.7. The van der Waals surface area contributed by atoms with Crippen molar-refractivity contribution in [1.29, 1.82) is 0 Å². The van der Waals surface area contributed by atoms with Crippen LogP contribution in [0.2, 0.25) is 0 Å². The zero-order valence-corrected chi connectivity index (χ0v) is 16.1. The predicted octanol–water partition coefficient (Wildman–Crippen LogP) is 3.76. The standard InChI is InChI=1S/C22H22N4O2/c1-15-12-17(18-9-8-16(2)23-13-18)10-11-21(15)28-14-19-6-4-5-7-20(19)26-22(27)25(3)24-26/h4-13,24H,14H2,1-3H3. The molecule has 0 radical (unpaired) electrons. The molecular weight excluding hydrogens is 352 g/mol. The van der Waals surface area contributed by atoms with Crippen molar-refractivity contribution in [2.45, 2.75) is 20.5 Å². The van der Waals surface area contributed by atoms with Gasteiger partial charge >= 0.3 is 5.69 Å². The van der Waals surface area contributed by atoms with Crippen LogP contribution in [0, 0.1) is 13.8 Å². The van der Waals surface area contributed by atoms with E-state index in [2.05, 4.69) is 22.3 Å². The van der Waals surface area contributed by atoms with E-state index in [4.69, 9.17) is 4.74 Å². The molecule has 0 spiro atoms. The van der Waals surface area contributed by atoms with Gasteiger partial charge in [-0.2, -0.15) is 4.68 Å². The van der Waals surface area contributed by atoms with E-state index in [0.717, 1.165) is 39.4 Å². The maximum Gasteiger partial charge on any atom is 0.364 e. The third kappa shape index (κ3) is 3.36. The van der Waals surface area contributed by atoms with E-state index in [1.165, 1.54) is 9.36 Å². The molecule has 2 aromatic heterocycles. The summed E-state index contributed by atoms with van der Waals surface area (Å²) in [5.41, 5.74) is 5.87. The van der Waals surface area contributed by atoms with Crippen LogP contribution >= 0.6 is 0 Å². The van der Waals surface area contributed by atoms with Crippen molar-refractivity contribution in [3.8, 4) is 22.6 Å². The van der Waals surface area contributed by atoms with Gasteiger partial charge in [0, 0.05) is 30.1 Å². The fourth-order valence-corrected chi connectivity index (χ4v) is 3.13. The van der Waals surface area contributed by atoms with Crippen molar-refractivity contribution < 1.29 is 4.74 Å². The zero-order valence-electron chi connectivity index (χ0n) is 16.1. The fraction of sp³-hybridized carbons (Fsp3) is 0.182. The molecular formula is C22H22N4O2. The summed E-state index contributed by atoms with van der Waals surface area (Å²) >= 11 is 0. The Hall–Kier alpha value is -3.54. The van der Waals surface area contributed by atoms with Crippen molar-refractivity contribution in [3.63, 3.8) is 0 Å². The Morgan fingerprint density at radius 3 is 2.50 bits per heavy atom. The van der Waals surface area contributed by atoms with Crippen LogP contribution < -0.4 is 10.4 Å². The highest BCUT2D eigenvalue weighted by Crippen LogP contribution is 2.27. The number of benzene rings is 2. The van der Waals surface area contributed by atoms with Gasteiger partial charge in [-0.25, -0.2) is 14.7 Å². The monoisotopic (exact) mass is 374 g/mol.